The second-order valence-corrected chi connectivity index (χ2v) is 11.1. The van der Waals surface area contributed by atoms with Gasteiger partial charge in [0.15, 0.2) is 0 Å². The van der Waals surface area contributed by atoms with E-state index in [0.29, 0.717) is 22.9 Å². The van der Waals surface area contributed by atoms with Crippen molar-refractivity contribution in [3.8, 4) is 22.6 Å². The van der Waals surface area contributed by atoms with Gasteiger partial charge in [-0.25, -0.2) is 16.8 Å². The van der Waals surface area contributed by atoms with Gasteiger partial charge in [0.2, 0.25) is 0 Å². The summed E-state index contributed by atoms with van der Waals surface area (Å²) < 4.78 is 65.7. The van der Waals surface area contributed by atoms with Crippen molar-refractivity contribution < 1.29 is 26.3 Å². The summed E-state index contributed by atoms with van der Waals surface area (Å²) in [6, 6.07) is 26.0. The maximum Gasteiger partial charge on any atom is 0.261 e. The maximum absolute atomic E-state index is 12.6. The highest BCUT2D eigenvalue weighted by Gasteiger charge is 2.15. The molecule has 2 N–H and O–H groups in total. The van der Waals surface area contributed by atoms with E-state index in [2.05, 4.69) is 9.44 Å². The first kappa shape index (κ1) is 25.1. The minimum Gasteiger partial charge on any atom is -0.497 e. The van der Waals surface area contributed by atoms with Crippen molar-refractivity contribution in [1.29, 1.82) is 0 Å². The normalized spacial score (nSPS) is 11.5. The lowest BCUT2D eigenvalue weighted by Crippen LogP contribution is -2.12. The fraction of sp³-hybridized carbons (Fsp3) is 0.0769. The van der Waals surface area contributed by atoms with Crippen LogP contribution in [0.4, 0.5) is 11.4 Å². The minimum absolute atomic E-state index is 0.125. The van der Waals surface area contributed by atoms with Gasteiger partial charge in [0, 0.05) is 11.4 Å². The summed E-state index contributed by atoms with van der Waals surface area (Å²) in [5.41, 5.74) is 2.51. The average Bonchev–Trinajstić information content (AvgIpc) is 2.89. The molecule has 0 amide bonds. The van der Waals surface area contributed by atoms with Crippen molar-refractivity contribution >= 4 is 31.4 Å². The third-order valence-electron chi connectivity index (χ3n) is 5.35. The molecule has 0 bridgehead atoms. The molecule has 8 nitrogen and oxygen atoms in total. The van der Waals surface area contributed by atoms with Crippen LogP contribution >= 0.6 is 0 Å². The highest BCUT2D eigenvalue weighted by Crippen LogP contribution is 2.26. The lowest BCUT2D eigenvalue weighted by atomic mass is 10.1. The molecule has 0 atom stereocenters. The monoisotopic (exact) mass is 524 g/mol. The van der Waals surface area contributed by atoms with Crippen LogP contribution in [0.1, 0.15) is 0 Å². The minimum atomic E-state index is -3.74. The highest BCUT2D eigenvalue weighted by atomic mass is 32.2. The molecule has 4 aromatic carbocycles. The molecule has 0 spiro atoms. The largest absolute Gasteiger partial charge is 0.497 e. The van der Waals surface area contributed by atoms with Crippen LogP contribution in [0.5, 0.6) is 11.5 Å². The number of nitrogens with one attached hydrogen (secondary N) is 2. The van der Waals surface area contributed by atoms with Gasteiger partial charge in [-0.2, -0.15) is 0 Å². The van der Waals surface area contributed by atoms with Crippen molar-refractivity contribution in [2.75, 3.05) is 23.7 Å². The Balaban J connectivity index is 1.44. The van der Waals surface area contributed by atoms with E-state index in [9.17, 15) is 16.8 Å². The van der Waals surface area contributed by atoms with Crippen LogP contribution in [0.3, 0.4) is 0 Å². The number of anilines is 2. The number of methoxy groups -OCH3 is 2. The van der Waals surface area contributed by atoms with Gasteiger partial charge in [-0.3, -0.25) is 9.44 Å². The first-order valence-corrected chi connectivity index (χ1v) is 13.7. The number of ether oxygens (including phenoxy) is 2. The van der Waals surface area contributed by atoms with Gasteiger partial charge in [-0.05, 0) is 83.9 Å². The molecule has 0 saturated carbocycles. The molecular formula is C26H24N2O6S2. The SMILES string of the molecule is COc1ccc(S(=O)(=O)Nc2ccc(-c3ccc(NS(=O)(=O)c4ccc(OC)cc4)cc3)cc2)cc1. The molecule has 0 fully saturated rings. The quantitative estimate of drug-likeness (QED) is 0.320. The van der Waals surface area contributed by atoms with Crippen LogP contribution in [0.25, 0.3) is 11.1 Å². The fourth-order valence-electron chi connectivity index (χ4n) is 3.40. The van der Waals surface area contributed by atoms with Gasteiger partial charge in [-0.15, -0.1) is 0 Å². The molecule has 0 heterocycles. The molecule has 36 heavy (non-hydrogen) atoms. The number of benzene rings is 4. The first-order valence-electron chi connectivity index (χ1n) is 10.7. The maximum atomic E-state index is 12.6. The van der Waals surface area contributed by atoms with E-state index >= 15 is 0 Å². The number of rotatable bonds is 9. The molecule has 0 saturated heterocycles. The highest BCUT2D eigenvalue weighted by molar-refractivity contribution is 7.93. The molecule has 0 radical (unpaired) electrons. The summed E-state index contributed by atoms with van der Waals surface area (Å²) in [4.78, 5) is 0.250. The molecule has 0 aliphatic heterocycles. The third-order valence-corrected chi connectivity index (χ3v) is 8.14. The molecule has 0 aliphatic carbocycles. The van der Waals surface area contributed by atoms with Crippen LogP contribution < -0.4 is 18.9 Å². The lowest BCUT2D eigenvalue weighted by molar-refractivity contribution is 0.414. The van der Waals surface area contributed by atoms with E-state index < -0.39 is 20.0 Å². The topological polar surface area (TPSA) is 111 Å². The Morgan fingerprint density at radius 1 is 0.472 bits per heavy atom. The number of sulfonamides is 2. The van der Waals surface area contributed by atoms with Gasteiger partial charge in [-0.1, -0.05) is 24.3 Å². The Labute approximate surface area is 210 Å². The van der Waals surface area contributed by atoms with Crippen LogP contribution in [-0.2, 0) is 20.0 Å². The molecular weight excluding hydrogens is 500 g/mol. The molecule has 4 aromatic rings. The van der Waals surface area contributed by atoms with E-state index in [-0.39, 0.29) is 9.79 Å². The Bertz CT molecular complexity index is 1410. The predicted octanol–water partition coefficient (Wildman–Crippen LogP) is 4.97. The van der Waals surface area contributed by atoms with Crippen molar-refractivity contribution in [1.82, 2.24) is 0 Å². The zero-order valence-electron chi connectivity index (χ0n) is 19.5. The Hall–Kier alpha value is -4.02. The van der Waals surface area contributed by atoms with E-state index in [1.807, 2.05) is 0 Å². The van der Waals surface area contributed by atoms with Gasteiger partial charge in [0.05, 0.1) is 24.0 Å². The lowest BCUT2D eigenvalue weighted by Gasteiger charge is -2.11. The summed E-state index contributed by atoms with van der Waals surface area (Å²) in [6.45, 7) is 0. The Morgan fingerprint density at radius 2 is 0.778 bits per heavy atom. The number of hydrogen-bond donors (Lipinski definition) is 2. The van der Waals surface area contributed by atoms with E-state index in [1.54, 1.807) is 72.8 Å². The molecule has 186 valence electrons. The van der Waals surface area contributed by atoms with Crippen LogP contribution in [0.15, 0.2) is 107 Å². The smallest absolute Gasteiger partial charge is 0.261 e. The van der Waals surface area contributed by atoms with E-state index in [4.69, 9.17) is 9.47 Å². The zero-order chi connectivity index (χ0) is 25.8. The summed E-state index contributed by atoms with van der Waals surface area (Å²) in [5, 5.41) is 0. The Kier molecular flexibility index (Phi) is 7.18. The summed E-state index contributed by atoms with van der Waals surface area (Å²) in [6.07, 6.45) is 0. The molecule has 0 aromatic heterocycles. The fourth-order valence-corrected chi connectivity index (χ4v) is 5.52. The van der Waals surface area contributed by atoms with Gasteiger partial charge < -0.3 is 9.47 Å². The first-order chi connectivity index (χ1) is 17.2. The summed E-state index contributed by atoms with van der Waals surface area (Å²) >= 11 is 0. The molecule has 0 unspecified atom stereocenters. The molecule has 0 aliphatic rings. The second-order valence-electron chi connectivity index (χ2n) is 7.72. The van der Waals surface area contributed by atoms with Crippen molar-refractivity contribution in [2.24, 2.45) is 0 Å². The van der Waals surface area contributed by atoms with Crippen molar-refractivity contribution in [3.05, 3.63) is 97.1 Å². The second kappa shape index (κ2) is 10.3. The van der Waals surface area contributed by atoms with Crippen LogP contribution in [0.2, 0.25) is 0 Å². The van der Waals surface area contributed by atoms with Crippen LogP contribution in [-0.4, -0.2) is 31.1 Å². The molecule has 10 heteroatoms. The number of hydrogen-bond acceptors (Lipinski definition) is 6. The van der Waals surface area contributed by atoms with E-state index in [1.165, 1.54) is 38.5 Å². The zero-order valence-corrected chi connectivity index (χ0v) is 21.1. The summed E-state index contributed by atoms with van der Waals surface area (Å²) in [5.74, 6) is 1.13. The van der Waals surface area contributed by atoms with Gasteiger partial charge in [0.25, 0.3) is 20.0 Å². The van der Waals surface area contributed by atoms with Gasteiger partial charge >= 0.3 is 0 Å². The molecule has 4 rings (SSSR count). The predicted molar refractivity (Wildman–Crippen MR) is 139 cm³/mol. The average molecular weight is 525 g/mol. The van der Waals surface area contributed by atoms with Gasteiger partial charge in [0.1, 0.15) is 11.5 Å². The third kappa shape index (κ3) is 5.78. The van der Waals surface area contributed by atoms with E-state index in [0.717, 1.165) is 11.1 Å². The van der Waals surface area contributed by atoms with Crippen molar-refractivity contribution in [2.45, 2.75) is 9.79 Å². The Morgan fingerprint density at radius 3 is 1.06 bits per heavy atom. The van der Waals surface area contributed by atoms with Crippen molar-refractivity contribution in [3.63, 3.8) is 0 Å². The summed E-state index contributed by atoms with van der Waals surface area (Å²) in [7, 11) is -4.46. The van der Waals surface area contributed by atoms with Crippen LogP contribution in [0, 0.1) is 0 Å². The standard InChI is InChI=1S/C26H24N2O6S2/c1-33-23-11-15-25(16-12-23)35(29,30)27-21-7-3-19(4-8-21)20-5-9-22(10-6-20)28-36(31,32)26-17-13-24(34-2)14-18-26/h3-18,27-28H,1-2H3.